The monoisotopic (exact) mass is 397 g/mol. The van der Waals surface area contributed by atoms with Crippen LogP contribution >= 0.6 is 15.9 Å². The molecule has 0 amide bonds. The van der Waals surface area contributed by atoms with Gasteiger partial charge in [-0.25, -0.2) is 9.97 Å². The van der Waals surface area contributed by atoms with E-state index in [0.717, 1.165) is 27.1 Å². The van der Waals surface area contributed by atoms with Crippen LogP contribution in [0.25, 0.3) is 22.6 Å². The van der Waals surface area contributed by atoms with Crippen molar-refractivity contribution in [1.29, 1.82) is 5.41 Å². The lowest BCUT2D eigenvalue weighted by atomic mass is 10.1. The maximum Gasteiger partial charge on any atom is 0.173 e. The highest BCUT2D eigenvalue weighted by Gasteiger charge is 2.14. The van der Waals surface area contributed by atoms with E-state index < -0.39 is 0 Å². The molecule has 25 heavy (non-hydrogen) atoms. The number of H-pyrrole nitrogens is 1. The highest BCUT2D eigenvalue weighted by atomic mass is 79.9. The Labute approximate surface area is 152 Å². The molecule has 4 aromatic rings. The molecule has 0 aliphatic heterocycles. The number of halogens is 1. The number of rotatable bonds is 3. The average Bonchev–Trinajstić information content (AvgIpc) is 3.17. The van der Waals surface area contributed by atoms with Gasteiger partial charge in [-0.05, 0) is 28.4 Å². The van der Waals surface area contributed by atoms with Crippen molar-refractivity contribution in [3.63, 3.8) is 0 Å². The fourth-order valence-electron chi connectivity index (χ4n) is 2.84. The third-order valence-electron chi connectivity index (χ3n) is 4.25. The summed E-state index contributed by atoms with van der Waals surface area (Å²) in [5.41, 5.74) is 4.66. The zero-order valence-corrected chi connectivity index (χ0v) is 15.4. The van der Waals surface area contributed by atoms with Gasteiger partial charge >= 0.3 is 0 Å². The number of imidazole rings is 1. The molecule has 0 unspecified atom stereocenters. The highest BCUT2D eigenvalue weighted by Crippen LogP contribution is 2.23. The molecule has 0 fully saturated rings. The minimum Gasteiger partial charge on any atom is -0.334 e. The summed E-state index contributed by atoms with van der Waals surface area (Å²) in [6.45, 7) is 2.60. The molecular formula is C17H16BrN7. The third kappa shape index (κ3) is 2.68. The van der Waals surface area contributed by atoms with E-state index in [1.54, 1.807) is 12.5 Å². The maximum atomic E-state index is 8.10. The number of fused-ring (bicyclic) bond motifs is 1. The summed E-state index contributed by atoms with van der Waals surface area (Å²) in [5, 5.41) is 12.3. The van der Waals surface area contributed by atoms with Gasteiger partial charge in [-0.1, -0.05) is 24.3 Å². The molecule has 0 atom stereocenters. The van der Waals surface area contributed by atoms with Gasteiger partial charge in [-0.3, -0.25) is 10.1 Å². The molecule has 7 nitrogen and oxygen atoms in total. The number of nitrogens with zero attached hydrogens (tertiary/aromatic N) is 5. The molecule has 126 valence electrons. The van der Waals surface area contributed by atoms with Gasteiger partial charge in [0.1, 0.15) is 11.3 Å². The van der Waals surface area contributed by atoms with E-state index in [2.05, 4.69) is 31.0 Å². The lowest BCUT2D eigenvalue weighted by Crippen LogP contribution is -2.14. The van der Waals surface area contributed by atoms with E-state index in [1.807, 2.05) is 47.5 Å². The van der Waals surface area contributed by atoms with Crippen LogP contribution in [0.2, 0.25) is 0 Å². The summed E-state index contributed by atoms with van der Waals surface area (Å²) < 4.78 is 4.67. The predicted molar refractivity (Wildman–Crippen MR) is 97.9 cm³/mol. The van der Waals surface area contributed by atoms with Crippen LogP contribution in [-0.2, 0) is 13.6 Å². The lowest BCUT2D eigenvalue weighted by molar-refractivity contribution is 0.664. The molecule has 0 aliphatic rings. The largest absolute Gasteiger partial charge is 0.334 e. The molecule has 3 aromatic heterocycles. The van der Waals surface area contributed by atoms with Crippen molar-refractivity contribution in [2.24, 2.45) is 7.05 Å². The van der Waals surface area contributed by atoms with Crippen LogP contribution in [0.3, 0.4) is 0 Å². The minimum atomic E-state index is 0.183. The Bertz CT molecular complexity index is 1120. The second kappa shape index (κ2) is 5.96. The van der Waals surface area contributed by atoms with E-state index in [0.29, 0.717) is 17.7 Å². The van der Waals surface area contributed by atoms with Gasteiger partial charge in [0.05, 0.1) is 29.2 Å². The summed E-state index contributed by atoms with van der Waals surface area (Å²) in [6.07, 6.45) is 3.41. The fraction of sp³-hybridized carbons (Fsp3) is 0.176. The number of hydrogen-bond donors (Lipinski definition) is 2. The highest BCUT2D eigenvalue weighted by molar-refractivity contribution is 9.10. The van der Waals surface area contributed by atoms with Crippen molar-refractivity contribution < 1.29 is 0 Å². The minimum absolute atomic E-state index is 0.183. The molecular weight excluding hydrogens is 382 g/mol. The van der Waals surface area contributed by atoms with Gasteiger partial charge in [0, 0.05) is 12.6 Å². The molecule has 0 saturated heterocycles. The lowest BCUT2D eigenvalue weighted by Gasteiger charge is -2.08. The normalized spacial score (nSPS) is 11.3. The Balaban J connectivity index is 1.88. The van der Waals surface area contributed by atoms with Crippen LogP contribution in [0.1, 0.15) is 11.3 Å². The predicted octanol–water partition coefficient (Wildman–Crippen LogP) is 2.76. The summed E-state index contributed by atoms with van der Waals surface area (Å²) >= 11 is 3.52. The first-order valence-electron chi connectivity index (χ1n) is 7.76. The standard InChI is InChI=1S/C17H16BrN7/c1-10-5-3-4-6-11(10)16-22-14-15(19)20-9-25(17(14)23-16)8-13-12(18)7-21-24(13)2/h3-7,9,19H,8H2,1-2H3,(H,22,23). The second-order valence-corrected chi connectivity index (χ2v) is 6.74. The number of nitrogens with one attached hydrogen (secondary N) is 2. The van der Waals surface area contributed by atoms with Crippen molar-refractivity contribution in [2.75, 3.05) is 0 Å². The first-order chi connectivity index (χ1) is 12.0. The Morgan fingerprint density at radius 1 is 1.28 bits per heavy atom. The topological polar surface area (TPSA) is 88.2 Å². The molecule has 0 spiro atoms. The van der Waals surface area contributed by atoms with Crippen LogP contribution in [-0.4, -0.2) is 29.3 Å². The fourth-order valence-corrected chi connectivity index (χ4v) is 3.31. The van der Waals surface area contributed by atoms with Crippen molar-refractivity contribution in [3.05, 3.63) is 58.0 Å². The molecule has 0 aliphatic carbocycles. The number of benzene rings is 1. The maximum absolute atomic E-state index is 8.10. The van der Waals surface area contributed by atoms with Gasteiger partial charge in [0.2, 0.25) is 0 Å². The summed E-state index contributed by atoms with van der Waals surface area (Å²) in [6, 6.07) is 8.05. The summed E-state index contributed by atoms with van der Waals surface area (Å²) in [4.78, 5) is 12.2. The first-order valence-corrected chi connectivity index (χ1v) is 8.56. The third-order valence-corrected chi connectivity index (χ3v) is 4.91. The van der Waals surface area contributed by atoms with Crippen molar-refractivity contribution in [2.45, 2.75) is 13.5 Å². The first kappa shape index (κ1) is 15.8. The Morgan fingerprint density at radius 3 is 2.80 bits per heavy atom. The number of aromatic amines is 1. The summed E-state index contributed by atoms with van der Waals surface area (Å²) in [7, 11) is 1.90. The van der Waals surface area contributed by atoms with E-state index in [4.69, 9.17) is 10.4 Å². The quantitative estimate of drug-likeness (QED) is 0.556. The Morgan fingerprint density at radius 2 is 2.08 bits per heavy atom. The van der Waals surface area contributed by atoms with Gasteiger partial charge in [0.25, 0.3) is 0 Å². The number of aryl methyl sites for hydroxylation is 2. The number of aromatic nitrogens is 6. The van der Waals surface area contributed by atoms with E-state index >= 15 is 0 Å². The SMILES string of the molecule is Cc1ccccc1-c1nc2c([nH]1)c(=N)ncn2Cc1c(Br)cnn1C. The van der Waals surface area contributed by atoms with Crippen molar-refractivity contribution in [1.82, 2.24) is 29.3 Å². The van der Waals surface area contributed by atoms with Crippen LogP contribution in [0, 0.1) is 12.3 Å². The van der Waals surface area contributed by atoms with Gasteiger partial charge in [0.15, 0.2) is 11.1 Å². The van der Waals surface area contributed by atoms with Crippen LogP contribution in [0.4, 0.5) is 0 Å². The number of hydrogen-bond acceptors (Lipinski definition) is 4. The van der Waals surface area contributed by atoms with Gasteiger partial charge in [-0.2, -0.15) is 5.10 Å². The van der Waals surface area contributed by atoms with Crippen LogP contribution < -0.4 is 5.49 Å². The molecule has 1 aromatic carbocycles. The smallest absolute Gasteiger partial charge is 0.173 e. The van der Waals surface area contributed by atoms with E-state index in [-0.39, 0.29) is 5.49 Å². The molecule has 4 rings (SSSR count). The Hall–Kier alpha value is -2.74. The zero-order chi connectivity index (χ0) is 17.6. The second-order valence-electron chi connectivity index (χ2n) is 5.88. The average molecular weight is 398 g/mol. The van der Waals surface area contributed by atoms with Crippen molar-refractivity contribution in [3.8, 4) is 11.4 Å². The zero-order valence-electron chi connectivity index (χ0n) is 13.8. The molecule has 0 bridgehead atoms. The van der Waals surface area contributed by atoms with E-state index in [9.17, 15) is 0 Å². The summed E-state index contributed by atoms with van der Waals surface area (Å²) in [5.74, 6) is 0.743. The molecule has 0 saturated carbocycles. The van der Waals surface area contributed by atoms with Gasteiger partial charge in [-0.15, -0.1) is 0 Å². The molecule has 3 heterocycles. The Kier molecular flexibility index (Phi) is 3.76. The molecule has 2 N–H and O–H groups in total. The molecule has 0 radical (unpaired) electrons. The van der Waals surface area contributed by atoms with Crippen LogP contribution in [0.15, 0.2) is 41.3 Å². The molecule has 8 heteroatoms. The van der Waals surface area contributed by atoms with Crippen LogP contribution in [0.5, 0.6) is 0 Å². The van der Waals surface area contributed by atoms with Gasteiger partial charge < -0.3 is 9.55 Å². The van der Waals surface area contributed by atoms with E-state index in [1.165, 1.54) is 0 Å². The van der Waals surface area contributed by atoms with Crippen molar-refractivity contribution >= 4 is 27.1 Å².